The van der Waals surface area contributed by atoms with Crippen LogP contribution in [0.3, 0.4) is 0 Å². The summed E-state index contributed by atoms with van der Waals surface area (Å²) in [5.74, 6) is 1.61. The van der Waals surface area contributed by atoms with Crippen LogP contribution in [0.5, 0.6) is 0 Å². The lowest BCUT2D eigenvalue weighted by Crippen LogP contribution is -2.57. The minimum atomic E-state index is -0.518. The van der Waals surface area contributed by atoms with E-state index >= 15 is 0 Å². The maximum absolute atomic E-state index is 11.5. The van der Waals surface area contributed by atoms with E-state index in [1.807, 2.05) is 0 Å². The van der Waals surface area contributed by atoms with E-state index in [2.05, 4.69) is 13.8 Å². The Kier molecular flexibility index (Phi) is 1.67. The van der Waals surface area contributed by atoms with Crippen LogP contribution in [0.1, 0.15) is 46.0 Å². The molecule has 1 N–H and O–H groups in total. The molecule has 2 nitrogen and oxygen atoms in total. The first-order valence-electron chi connectivity index (χ1n) is 6.19. The maximum Gasteiger partial charge on any atom is 0.309 e. The molecule has 15 heavy (non-hydrogen) atoms. The Morgan fingerprint density at radius 3 is 2.67 bits per heavy atom. The molecule has 4 saturated carbocycles. The van der Waals surface area contributed by atoms with Gasteiger partial charge in [0.2, 0.25) is 0 Å². The fraction of sp³-hybridized carbons (Fsp3) is 0.923. The quantitative estimate of drug-likeness (QED) is 0.719. The van der Waals surface area contributed by atoms with Crippen molar-refractivity contribution in [3.05, 3.63) is 0 Å². The first-order chi connectivity index (χ1) is 6.95. The summed E-state index contributed by atoms with van der Waals surface area (Å²) in [5, 5.41) is 9.48. The summed E-state index contributed by atoms with van der Waals surface area (Å²) in [6.07, 6.45) is 5.42. The van der Waals surface area contributed by atoms with Crippen LogP contribution < -0.4 is 0 Å². The summed E-state index contributed by atoms with van der Waals surface area (Å²) in [6, 6.07) is 0. The first kappa shape index (κ1) is 9.68. The SMILES string of the molecule is CC1C2CC3CC(C(=O)O)(C2)CC1(C)C3. The monoisotopic (exact) mass is 208 g/mol. The van der Waals surface area contributed by atoms with E-state index in [1.54, 1.807) is 0 Å². The molecular formula is C13H20O2. The minimum absolute atomic E-state index is 0.322. The number of carbonyl (C=O) groups is 1. The molecule has 0 radical (unpaired) electrons. The van der Waals surface area contributed by atoms with Gasteiger partial charge in [-0.3, -0.25) is 4.79 Å². The van der Waals surface area contributed by atoms with Crippen molar-refractivity contribution in [3.63, 3.8) is 0 Å². The van der Waals surface area contributed by atoms with E-state index in [1.165, 1.54) is 12.8 Å². The van der Waals surface area contributed by atoms with Crippen LogP contribution in [0.25, 0.3) is 0 Å². The fourth-order valence-corrected chi connectivity index (χ4v) is 5.08. The largest absolute Gasteiger partial charge is 0.481 e. The Morgan fingerprint density at radius 2 is 2.07 bits per heavy atom. The molecule has 0 heterocycles. The minimum Gasteiger partial charge on any atom is -0.481 e. The molecule has 0 amide bonds. The van der Waals surface area contributed by atoms with Crippen molar-refractivity contribution in [2.45, 2.75) is 46.0 Å². The summed E-state index contributed by atoms with van der Waals surface area (Å²) < 4.78 is 0. The number of rotatable bonds is 1. The zero-order valence-electron chi connectivity index (χ0n) is 9.62. The van der Waals surface area contributed by atoms with Gasteiger partial charge in [0.05, 0.1) is 5.41 Å². The zero-order chi connectivity index (χ0) is 10.8. The van der Waals surface area contributed by atoms with Crippen LogP contribution in [0, 0.1) is 28.6 Å². The van der Waals surface area contributed by atoms with Crippen molar-refractivity contribution in [2.24, 2.45) is 28.6 Å². The third-order valence-corrected chi connectivity index (χ3v) is 5.73. The van der Waals surface area contributed by atoms with Crippen LogP contribution in [0.4, 0.5) is 0 Å². The molecule has 4 aliphatic rings. The Morgan fingerprint density at radius 1 is 1.33 bits per heavy atom. The van der Waals surface area contributed by atoms with Gasteiger partial charge in [-0.25, -0.2) is 0 Å². The molecule has 4 bridgehead atoms. The van der Waals surface area contributed by atoms with Crippen molar-refractivity contribution in [1.82, 2.24) is 0 Å². The van der Waals surface area contributed by atoms with E-state index in [9.17, 15) is 9.90 Å². The van der Waals surface area contributed by atoms with Crippen LogP contribution in [0.2, 0.25) is 0 Å². The Labute approximate surface area is 91.1 Å². The summed E-state index contributed by atoms with van der Waals surface area (Å²) in [6.45, 7) is 4.67. The van der Waals surface area contributed by atoms with Gasteiger partial charge >= 0.3 is 5.97 Å². The van der Waals surface area contributed by atoms with Crippen molar-refractivity contribution in [3.8, 4) is 0 Å². The third-order valence-electron chi connectivity index (χ3n) is 5.73. The molecule has 0 aliphatic heterocycles. The number of hydrogen-bond acceptors (Lipinski definition) is 1. The number of carboxylic acid groups (broad SMARTS) is 1. The molecule has 0 aromatic carbocycles. The Bertz CT molecular complexity index is 324. The second kappa shape index (κ2) is 2.58. The van der Waals surface area contributed by atoms with E-state index in [-0.39, 0.29) is 5.41 Å². The van der Waals surface area contributed by atoms with Gasteiger partial charge in [0.15, 0.2) is 0 Å². The Balaban J connectivity index is 2.02. The van der Waals surface area contributed by atoms with Gasteiger partial charge < -0.3 is 5.11 Å². The van der Waals surface area contributed by atoms with E-state index in [4.69, 9.17) is 0 Å². The average Bonchev–Trinajstić information content (AvgIpc) is 2.12. The molecule has 4 aliphatic carbocycles. The second-order valence-corrected chi connectivity index (χ2v) is 6.68. The summed E-state index contributed by atoms with van der Waals surface area (Å²) in [4.78, 5) is 11.5. The highest BCUT2D eigenvalue weighted by Gasteiger charge is 2.61. The molecule has 0 saturated heterocycles. The van der Waals surface area contributed by atoms with Gasteiger partial charge in [0.25, 0.3) is 0 Å². The average molecular weight is 208 g/mol. The van der Waals surface area contributed by atoms with Crippen molar-refractivity contribution in [2.75, 3.05) is 0 Å². The molecule has 0 aromatic rings. The summed E-state index contributed by atoms with van der Waals surface area (Å²) >= 11 is 0. The molecule has 5 unspecified atom stereocenters. The number of hydrogen-bond donors (Lipinski definition) is 1. The molecule has 4 fully saturated rings. The summed E-state index contributed by atoms with van der Waals surface area (Å²) in [7, 11) is 0. The summed E-state index contributed by atoms with van der Waals surface area (Å²) in [5.41, 5.74) is -0.0183. The highest BCUT2D eigenvalue weighted by molar-refractivity contribution is 5.75. The molecule has 2 heteroatoms. The predicted octanol–water partition coefficient (Wildman–Crippen LogP) is 2.92. The maximum atomic E-state index is 11.5. The third kappa shape index (κ3) is 1.08. The molecular weight excluding hydrogens is 188 g/mol. The van der Waals surface area contributed by atoms with Gasteiger partial charge in [-0.1, -0.05) is 13.8 Å². The van der Waals surface area contributed by atoms with Crippen LogP contribution in [-0.4, -0.2) is 11.1 Å². The van der Waals surface area contributed by atoms with Crippen molar-refractivity contribution >= 4 is 5.97 Å². The van der Waals surface area contributed by atoms with E-state index in [0.29, 0.717) is 17.3 Å². The highest BCUT2D eigenvalue weighted by atomic mass is 16.4. The first-order valence-corrected chi connectivity index (χ1v) is 6.19. The molecule has 0 spiro atoms. The highest BCUT2D eigenvalue weighted by Crippen LogP contribution is 2.67. The van der Waals surface area contributed by atoms with Gasteiger partial charge in [0.1, 0.15) is 0 Å². The number of aliphatic carboxylic acids is 1. The lowest BCUT2D eigenvalue weighted by atomic mass is 9.41. The van der Waals surface area contributed by atoms with Gasteiger partial charge in [-0.2, -0.15) is 0 Å². The van der Waals surface area contributed by atoms with E-state index in [0.717, 1.165) is 25.2 Å². The van der Waals surface area contributed by atoms with Gasteiger partial charge in [-0.15, -0.1) is 0 Å². The molecule has 5 atom stereocenters. The number of carboxylic acids is 1. The predicted molar refractivity (Wildman–Crippen MR) is 57.4 cm³/mol. The lowest BCUT2D eigenvalue weighted by molar-refractivity contribution is -0.183. The van der Waals surface area contributed by atoms with Crippen molar-refractivity contribution in [1.29, 1.82) is 0 Å². The molecule has 0 aromatic heterocycles. The standard InChI is InChI=1S/C13H20O2/c1-8-10-3-9-4-12(8,2)7-13(5-9,6-10)11(14)15/h8-10H,3-7H2,1-2H3,(H,14,15). The van der Waals surface area contributed by atoms with Crippen molar-refractivity contribution < 1.29 is 9.90 Å². The molecule has 4 rings (SSSR count). The van der Waals surface area contributed by atoms with Gasteiger partial charge in [-0.05, 0) is 55.3 Å². The topological polar surface area (TPSA) is 37.3 Å². The Hall–Kier alpha value is -0.530. The smallest absolute Gasteiger partial charge is 0.309 e. The van der Waals surface area contributed by atoms with Crippen LogP contribution in [-0.2, 0) is 4.79 Å². The molecule has 84 valence electrons. The van der Waals surface area contributed by atoms with Crippen LogP contribution >= 0.6 is 0 Å². The van der Waals surface area contributed by atoms with Crippen LogP contribution in [0.15, 0.2) is 0 Å². The van der Waals surface area contributed by atoms with E-state index < -0.39 is 5.97 Å². The normalized spacial score (nSPS) is 57.1. The fourth-order valence-electron chi connectivity index (χ4n) is 5.08. The van der Waals surface area contributed by atoms with Gasteiger partial charge in [0, 0.05) is 0 Å². The second-order valence-electron chi connectivity index (χ2n) is 6.68. The lowest BCUT2D eigenvalue weighted by Gasteiger charge is -2.62. The zero-order valence-corrected chi connectivity index (χ0v) is 9.62.